The van der Waals surface area contributed by atoms with Crippen LogP contribution in [0.3, 0.4) is 0 Å². The van der Waals surface area contributed by atoms with Crippen molar-refractivity contribution in [3.63, 3.8) is 0 Å². The van der Waals surface area contributed by atoms with Crippen molar-refractivity contribution in [2.24, 2.45) is 4.99 Å². The molecule has 0 bridgehead atoms. The van der Waals surface area contributed by atoms with Crippen LogP contribution >= 0.6 is 46.9 Å². The van der Waals surface area contributed by atoms with Crippen molar-refractivity contribution < 1.29 is 4.52 Å². The summed E-state index contributed by atoms with van der Waals surface area (Å²) in [5.41, 5.74) is 1.96. The largest absolute Gasteiger partial charge is 0.350 e. The van der Waals surface area contributed by atoms with Crippen LogP contribution in [0.2, 0.25) is 5.02 Å². The minimum Gasteiger partial charge on any atom is -0.350 e. The number of nitrogens with one attached hydrogen (secondary N) is 2. The molecule has 2 heterocycles. The normalized spacial score (nSPS) is 11.4. The number of hydrogen-bond acceptors (Lipinski definition) is 6. The Bertz CT molecular complexity index is 909. The fourth-order valence-corrected chi connectivity index (χ4v) is 3.27. The van der Waals surface area contributed by atoms with Gasteiger partial charge in [0.15, 0.2) is 5.96 Å². The second-order valence-corrected chi connectivity index (χ2v) is 7.50. The lowest BCUT2D eigenvalue weighted by Crippen LogP contribution is -2.36. The highest BCUT2D eigenvalue weighted by molar-refractivity contribution is 14.0. The van der Waals surface area contributed by atoms with E-state index in [1.807, 2.05) is 12.1 Å². The highest BCUT2D eigenvalue weighted by Gasteiger charge is 2.10. The molecule has 0 amide bonds. The molecule has 0 fully saturated rings. The molecule has 2 aromatic heterocycles. The van der Waals surface area contributed by atoms with E-state index in [1.54, 1.807) is 30.5 Å². The Balaban J connectivity index is 0.00000280. The molecule has 0 saturated heterocycles. The standard InChI is InChI=1S/C18H21ClN6OS.HI/c1-11(2)14-10-27-16(23-14)9-22-18(20-3)21-8-15-24-17(25-26-15)12-4-6-13(19)7-5-12;/h4-7,10-11H,8-9H2,1-3H3,(H2,20,21,22);1H. The third kappa shape index (κ3) is 6.14. The Morgan fingerprint density at radius 3 is 2.54 bits per heavy atom. The SMILES string of the molecule is CN=C(NCc1nc(-c2ccc(Cl)cc2)no1)NCc1nc(C(C)C)cs1.I. The molecule has 0 atom stereocenters. The lowest BCUT2D eigenvalue weighted by atomic mass is 10.2. The van der Waals surface area contributed by atoms with E-state index in [2.05, 4.69) is 50.0 Å². The van der Waals surface area contributed by atoms with Crippen molar-refractivity contribution in [1.82, 2.24) is 25.8 Å². The summed E-state index contributed by atoms with van der Waals surface area (Å²) in [7, 11) is 1.71. The van der Waals surface area contributed by atoms with Gasteiger partial charge in [0, 0.05) is 23.0 Å². The van der Waals surface area contributed by atoms with Gasteiger partial charge in [0.1, 0.15) is 5.01 Å². The highest BCUT2D eigenvalue weighted by atomic mass is 127. The molecule has 2 N–H and O–H groups in total. The van der Waals surface area contributed by atoms with E-state index < -0.39 is 0 Å². The first-order valence-corrected chi connectivity index (χ1v) is 9.78. The predicted molar refractivity (Wildman–Crippen MR) is 123 cm³/mol. The number of aromatic nitrogens is 3. The fraction of sp³-hybridized carbons (Fsp3) is 0.333. The number of thiazole rings is 1. The molecule has 0 spiro atoms. The maximum atomic E-state index is 5.90. The summed E-state index contributed by atoms with van der Waals surface area (Å²) in [5.74, 6) is 2.07. The molecular weight excluding hydrogens is 511 g/mol. The molecule has 1 aromatic carbocycles. The monoisotopic (exact) mass is 532 g/mol. The molecule has 0 radical (unpaired) electrons. The third-order valence-corrected chi connectivity index (χ3v) is 4.89. The zero-order valence-electron chi connectivity index (χ0n) is 15.8. The van der Waals surface area contributed by atoms with Gasteiger partial charge in [-0.3, -0.25) is 4.99 Å². The van der Waals surface area contributed by atoms with Crippen LogP contribution in [0.1, 0.15) is 36.4 Å². The van der Waals surface area contributed by atoms with Crippen LogP contribution in [-0.4, -0.2) is 28.1 Å². The summed E-state index contributed by atoms with van der Waals surface area (Å²) in [5, 5.41) is 14.2. The number of aliphatic imine (C=N–C) groups is 1. The zero-order valence-corrected chi connectivity index (χ0v) is 19.7. The minimum absolute atomic E-state index is 0. The quantitative estimate of drug-likeness (QED) is 0.277. The first-order chi connectivity index (χ1) is 13.0. The lowest BCUT2D eigenvalue weighted by Gasteiger charge is -2.08. The molecule has 0 aliphatic heterocycles. The molecule has 150 valence electrons. The topological polar surface area (TPSA) is 88.2 Å². The number of guanidine groups is 1. The third-order valence-electron chi connectivity index (χ3n) is 3.77. The first-order valence-electron chi connectivity index (χ1n) is 8.52. The van der Waals surface area contributed by atoms with Crippen molar-refractivity contribution in [2.45, 2.75) is 32.9 Å². The highest BCUT2D eigenvalue weighted by Crippen LogP contribution is 2.19. The fourth-order valence-electron chi connectivity index (χ4n) is 2.25. The van der Waals surface area contributed by atoms with E-state index in [-0.39, 0.29) is 24.0 Å². The summed E-state index contributed by atoms with van der Waals surface area (Å²) < 4.78 is 5.29. The molecule has 7 nitrogen and oxygen atoms in total. The lowest BCUT2D eigenvalue weighted by molar-refractivity contribution is 0.375. The molecular formula is C18H22ClIN6OS. The zero-order chi connectivity index (χ0) is 19.2. The second kappa shape index (κ2) is 10.7. The smallest absolute Gasteiger partial charge is 0.246 e. The van der Waals surface area contributed by atoms with Gasteiger partial charge in [0.05, 0.1) is 18.8 Å². The van der Waals surface area contributed by atoms with Gasteiger partial charge >= 0.3 is 0 Å². The van der Waals surface area contributed by atoms with Crippen molar-refractivity contribution in [3.8, 4) is 11.4 Å². The summed E-state index contributed by atoms with van der Waals surface area (Å²) in [6.45, 7) is 5.25. The molecule has 28 heavy (non-hydrogen) atoms. The first kappa shape index (κ1) is 22.6. The predicted octanol–water partition coefficient (Wildman–Crippen LogP) is 4.45. The van der Waals surface area contributed by atoms with Crippen molar-refractivity contribution in [1.29, 1.82) is 0 Å². The molecule has 0 unspecified atom stereocenters. The molecule has 3 aromatic rings. The van der Waals surface area contributed by atoms with Crippen LogP contribution in [0.5, 0.6) is 0 Å². The summed E-state index contributed by atoms with van der Waals surface area (Å²) >= 11 is 7.54. The van der Waals surface area contributed by atoms with Gasteiger partial charge in [-0.25, -0.2) is 4.98 Å². The Hall–Kier alpha value is -1.72. The minimum atomic E-state index is 0. The Morgan fingerprint density at radius 1 is 1.18 bits per heavy atom. The number of nitrogens with zero attached hydrogens (tertiary/aromatic N) is 4. The van der Waals surface area contributed by atoms with Gasteiger partial charge in [-0.1, -0.05) is 30.6 Å². The number of rotatable bonds is 6. The van der Waals surface area contributed by atoms with Crippen LogP contribution in [0.4, 0.5) is 0 Å². The van der Waals surface area contributed by atoms with Gasteiger partial charge in [0.25, 0.3) is 0 Å². The second-order valence-electron chi connectivity index (χ2n) is 6.12. The molecule has 0 aliphatic rings. The van der Waals surface area contributed by atoms with Crippen LogP contribution in [0.25, 0.3) is 11.4 Å². The van der Waals surface area contributed by atoms with E-state index in [0.29, 0.717) is 41.7 Å². The van der Waals surface area contributed by atoms with Crippen molar-refractivity contribution in [3.05, 3.63) is 51.3 Å². The Labute approximate surface area is 190 Å². The van der Waals surface area contributed by atoms with Crippen molar-refractivity contribution in [2.75, 3.05) is 7.05 Å². The summed E-state index contributed by atoms with van der Waals surface area (Å²) in [4.78, 5) is 13.2. The molecule has 0 saturated carbocycles. The van der Waals surface area contributed by atoms with Gasteiger partial charge in [-0.05, 0) is 30.2 Å². The van der Waals surface area contributed by atoms with Gasteiger partial charge < -0.3 is 15.2 Å². The van der Waals surface area contributed by atoms with Crippen molar-refractivity contribution >= 4 is 52.9 Å². The van der Waals surface area contributed by atoms with Crippen LogP contribution in [0.15, 0.2) is 39.2 Å². The van der Waals surface area contributed by atoms with Crippen LogP contribution in [-0.2, 0) is 13.1 Å². The molecule has 10 heteroatoms. The van der Waals surface area contributed by atoms with Crippen LogP contribution < -0.4 is 10.6 Å². The van der Waals surface area contributed by atoms with E-state index in [1.165, 1.54) is 0 Å². The number of halogens is 2. The summed E-state index contributed by atoms with van der Waals surface area (Å²) in [6.07, 6.45) is 0. The molecule has 0 aliphatic carbocycles. The van der Waals surface area contributed by atoms with Gasteiger partial charge in [0.2, 0.25) is 11.7 Å². The van der Waals surface area contributed by atoms with Crippen LogP contribution in [0, 0.1) is 0 Å². The van der Waals surface area contributed by atoms with Gasteiger partial charge in [-0.15, -0.1) is 35.3 Å². The average molecular weight is 533 g/mol. The van der Waals surface area contributed by atoms with E-state index in [4.69, 9.17) is 16.1 Å². The average Bonchev–Trinajstić information content (AvgIpc) is 3.32. The summed E-state index contributed by atoms with van der Waals surface area (Å²) in [6, 6.07) is 7.29. The Kier molecular flexibility index (Phi) is 8.64. The molecule has 3 rings (SSSR count). The Morgan fingerprint density at radius 2 is 1.89 bits per heavy atom. The number of hydrogen-bond donors (Lipinski definition) is 2. The van der Waals surface area contributed by atoms with Gasteiger partial charge in [-0.2, -0.15) is 4.98 Å². The van der Waals surface area contributed by atoms with E-state index in [9.17, 15) is 0 Å². The maximum absolute atomic E-state index is 5.90. The maximum Gasteiger partial charge on any atom is 0.246 e. The van der Waals surface area contributed by atoms with E-state index in [0.717, 1.165) is 16.3 Å². The number of benzene rings is 1. The van der Waals surface area contributed by atoms with E-state index >= 15 is 0 Å².